The quantitative estimate of drug-likeness (QED) is 0.795. The molecule has 2 aliphatic rings. The zero-order valence-corrected chi connectivity index (χ0v) is 13.5. The number of benzene rings is 1. The Morgan fingerprint density at radius 3 is 3.05 bits per heavy atom. The van der Waals surface area contributed by atoms with Crippen molar-refractivity contribution in [3.05, 3.63) is 23.2 Å². The highest BCUT2D eigenvalue weighted by atomic mass is 35.5. The maximum Gasteiger partial charge on any atom is 0.258 e. The molecule has 114 valence electrons. The highest BCUT2D eigenvalue weighted by molar-refractivity contribution is 8.00. The molecule has 0 unspecified atom stereocenters. The molecule has 4 nitrogen and oxygen atoms in total. The number of thioether (sulfide) groups is 1. The number of amides is 1. The molecule has 1 aromatic rings. The van der Waals surface area contributed by atoms with Crippen LogP contribution in [0.3, 0.4) is 0 Å². The zero-order valence-electron chi connectivity index (χ0n) is 11.9. The van der Waals surface area contributed by atoms with E-state index in [1.807, 2.05) is 18.2 Å². The minimum Gasteiger partial charge on any atom is -0.376 e. The van der Waals surface area contributed by atoms with E-state index in [-0.39, 0.29) is 5.91 Å². The molecule has 1 saturated heterocycles. The third-order valence-corrected chi connectivity index (χ3v) is 5.13. The smallest absolute Gasteiger partial charge is 0.258 e. The largest absolute Gasteiger partial charge is 0.376 e. The fourth-order valence-electron chi connectivity index (χ4n) is 2.54. The lowest BCUT2D eigenvalue weighted by Crippen LogP contribution is -2.46. The molecule has 0 radical (unpaired) electrons. The van der Waals surface area contributed by atoms with Gasteiger partial charge in [-0.1, -0.05) is 18.5 Å². The van der Waals surface area contributed by atoms with E-state index in [1.165, 1.54) is 0 Å². The molecule has 0 N–H and O–H groups in total. The Kier molecular flexibility index (Phi) is 4.74. The summed E-state index contributed by atoms with van der Waals surface area (Å²) >= 11 is 7.90. The van der Waals surface area contributed by atoms with E-state index < -0.39 is 6.10 Å². The lowest BCUT2D eigenvalue weighted by molar-refractivity contribution is -0.144. The third-order valence-electron chi connectivity index (χ3n) is 3.66. The van der Waals surface area contributed by atoms with Crippen LogP contribution in [0.15, 0.2) is 23.1 Å². The SMILES string of the molecule is C[C@@H]1CCN(C(=O)[C@@H]2COCCO2)c2cc(Cl)ccc2S1. The summed E-state index contributed by atoms with van der Waals surface area (Å²) in [7, 11) is 0. The molecule has 21 heavy (non-hydrogen) atoms. The predicted molar refractivity (Wildman–Crippen MR) is 84.3 cm³/mol. The lowest BCUT2D eigenvalue weighted by Gasteiger charge is -2.29. The highest BCUT2D eigenvalue weighted by Gasteiger charge is 2.31. The molecule has 0 saturated carbocycles. The second-order valence-electron chi connectivity index (χ2n) is 5.25. The summed E-state index contributed by atoms with van der Waals surface area (Å²) in [4.78, 5) is 15.6. The van der Waals surface area contributed by atoms with E-state index in [4.69, 9.17) is 21.1 Å². The van der Waals surface area contributed by atoms with Crippen molar-refractivity contribution in [1.82, 2.24) is 0 Å². The Morgan fingerprint density at radius 2 is 2.29 bits per heavy atom. The van der Waals surface area contributed by atoms with Gasteiger partial charge in [-0.25, -0.2) is 0 Å². The maximum absolute atomic E-state index is 12.8. The van der Waals surface area contributed by atoms with Crippen LogP contribution in [-0.2, 0) is 14.3 Å². The molecular weight excluding hydrogens is 310 g/mol. The molecule has 2 aliphatic heterocycles. The predicted octanol–water partition coefficient (Wildman–Crippen LogP) is 2.97. The Hall–Kier alpha value is -0.750. The second kappa shape index (κ2) is 6.57. The van der Waals surface area contributed by atoms with Crippen molar-refractivity contribution >= 4 is 35.0 Å². The van der Waals surface area contributed by atoms with Gasteiger partial charge in [0, 0.05) is 21.7 Å². The molecule has 0 aliphatic carbocycles. The number of ether oxygens (including phenoxy) is 2. The van der Waals surface area contributed by atoms with Crippen LogP contribution in [0.1, 0.15) is 13.3 Å². The number of anilines is 1. The van der Waals surface area contributed by atoms with Gasteiger partial charge in [0.2, 0.25) is 0 Å². The van der Waals surface area contributed by atoms with Crippen molar-refractivity contribution in [3.8, 4) is 0 Å². The standard InChI is InChI=1S/C15H18ClNO3S/c1-10-4-5-17(15(18)13-9-19-6-7-20-13)12-8-11(16)2-3-14(12)21-10/h2-3,8,10,13H,4-7,9H2,1H3/t10-,13+/m1/s1. The topological polar surface area (TPSA) is 38.8 Å². The first-order valence-corrected chi connectivity index (χ1v) is 8.38. The van der Waals surface area contributed by atoms with Crippen LogP contribution in [0.4, 0.5) is 5.69 Å². The molecule has 0 aromatic heterocycles. The number of hydrogen-bond donors (Lipinski definition) is 0. The first-order valence-electron chi connectivity index (χ1n) is 7.12. The van der Waals surface area contributed by atoms with Gasteiger partial charge in [0.25, 0.3) is 5.91 Å². The molecule has 1 fully saturated rings. The molecule has 0 spiro atoms. The number of carbonyl (C=O) groups is 1. The van der Waals surface area contributed by atoms with Gasteiger partial charge < -0.3 is 14.4 Å². The summed E-state index contributed by atoms with van der Waals surface area (Å²) in [5.41, 5.74) is 0.885. The Bertz CT molecular complexity index is 534. The van der Waals surface area contributed by atoms with Crippen molar-refractivity contribution in [1.29, 1.82) is 0 Å². The molecule has 3 rings (SSSR count). The van der Waals surface area contributed by atoms with Crippen LogP contribution in [0, 0.1) is 0 Å². The molecule has 2 heterocycles. The van der Waals surface area contributed by atoms with Crippen LogP contribution in [0.5, 0.6) is 0 Å². The van der Waals surface area contributed by atoms with Crippen molar-refractivity contribution in [2.45, 2.75) is 29.6 Å². The summed E-state index contributed by atoms with van der Waals surface area (Å²) in [6.45, 7) is 4.21. The minimum atomic E-state index is -0.510. The molecule has 1 amide bonds. The first kappa shape index (κ1) is 15.2. The van der Waals surface area contributed by atoms with Crippen LogP contribution in [0.2, 0.25) is 5.02 Å². The third kappa shape index (κ3) is 3.37. The van der Waals surface area contributed by atoms with E-state index in [1.54, 1.807) is 16.7 Å². The van der Waals surface area contributed by atoms with Crippen molar-refractivity contribution < 1.29 is 14.3 Å². The summed E-state index contributed by atoms with van der Waals surface area (Å²) in [6.07, 6.45) is 0.431. The summed E-state index contributed by atoms with van der Waals surface area (Å²) in [6, 6.07) is 5.72. The molecule has 2 atom stereocenters. The average Bonchev–Trinajstić information content (AvgIpc) is 2.66. The summed E-state index contributed by atoms with van der Waals surface area (Å²) in [5, 5.41) is 1.11. The Balaban J connectivity index is 1.90. The van der Waals surface area contributed by atoms with Gasteiger partial charge in [-0.2, -0.15) is 0 Å². The number of fused-ring (bicyclic) bond motifs is 1. The van der Waals surface area contributed by atoms with Crippen LogP contribution < -0.4 is 4.90 Å². The van der Waals surface area contributed by atoms with E-state index in [9.17, 15) is 4.79 Å². The van der Waals surface area contributed by atoms with Crippen LogP contribution >= 0.6 is 23.4 Å². The average molecular weight is 328 g/mol. The van der Waals surface area contributed by atoms with Gasteiger partial charge in [-0.15, -0.1) is 11.8 Å². The van der Waals surface area contributed by atoms with Gasteiger partial charge in [0.15, 0.2) is 6.10 Å². The number of halogens is 1. The van der Waals surface area contributed by atoms with Gasteiger partial charge in [-0.05, 0) is 24.6 Å². The Morgan fingerprint density at radius 1 is 1.43 bits per heavy atom. The van der Waals surface area contributed by atoms with Gasteiger partial charge >= 0.3 is 0 Å². The van der Waals surface area contributed by atoms with Crippen LogP contribution in [0.25, 0.3) is 0 Å². The minimum absolute atomic E-state index is 0.0343. The van der Waals surface area contributed by atoms with Gasteiger partial charge in [0.1, 0.15) is 0 Å². The summed E-state index contributed by atoms with van der Waals surface area (Å²) in [5.74, 6) is -0.0343. The fourth-order valence-corrected chi connectivity index (χ4v) is 3.80. The molecule has 6 heteroatoms. The second-order valence-corrected chi connectivity index (χ2v) is 7.17. The number of hydrogen-bond acceptors (Lipinski definition) is 4. The Labute approximate surface area is 133 Å². The fraction of sp³-hybridized carbons (Fsp3) is 0.533. The number of nitrogens with zero attached hydrogens (tertiary/aromatic N) is 1. The highest BCUT2D eigenvalue weighted by Crippen LogP contribution is 2.39. The first-order chi connectivity index (χ1) is 10.1. The van der Waals surface area contributed by atoms with Crippen LogP contribution in [-0.4, -0.2) is 43.6 Å². The van der Waals surface area contributed by atoms with E-state index >= 15 is 0 Å². The number of carbonyl (C=O) groups excluding carboxylic acids is 1. The molecule has 0 bridgehead atoms. The normalized spacial score (nSPS) is 26.1. The molecular formula is C15H18ClNO3S. The van der Waals surface area contributed by atoms with Crippen molar-refractivity contribution in [2.24, 2.45) is 0 Å². The maximum atomic E-state index is 12.8. The van der Waals surface area contributed by atoms with Crippen molar-refractivity contribution in [3.63, 3.8) is 0 Å². The van der Waals surface area contributed by atoms with E-state index in [2.05, 4.69) is 6.92 Å². The van der Waals surface area contributed by atoms with E-state index in [0.29, 0.717) is 36.6 Å². The van der Waals surface area contributed by atoms with Gasteiger partial charge in [-0.3, -0.25) is 4.79 Å². The zero-order chi connectivity index (χ0) is 14.8. The van der Waals surface area contributed by atoms with Crippen molar-refractivity contribution in [2.75, 3.05) is 31.3 Å². The monoisotopic (exact) mass is 327 g/mol. The molecule has 1 aromatic carbocycles. The summed E-state index contributed by atoms with van der Waals surface area (Å²) < 4.78 is 10.9. The lowest BCUT2D eigenvalue weighted by atomic mass is 10.2. The van der Waals surface area contributed by atoms with E-state index in [0.717, 1.165) is 17.0 Å². The van der Waals surface area contributed by atoms with Gasteiger partial charge in [0.05, 0.1) is 25.5 Å². The number of rotatable bonds is 1.